The SMILES string of the molecule is O=C(O)c1cc(O)c(O)c(O)c1.O=[N+]([O-])O. The minimum atomic E-state index is -1.50. The fraction of sp³-hybridized carbons (Fsp3) is 0. The van der Waals surface area contributed by atoms with E-state index in [1.165, 1.54) is 0 Å². The molecule has 9 heteroatoms. The average Bonchev–Trinajstić information content (AvgIpc) is 2.12. The molecule has 1 rings (SSSR count). The molecule has 0 atom stereocenters. The Kier molecular flexibility index (Phi) is 4.35. The van der Waals surface area contributed by atoms with E-state index in [1.807, 2.05) is 0 Å². The number of hydrogen-bond donors (Lipinski definition) is 5. The second-order valence-corrected chi connectivity index (χ2v) is 2.41. The molecule has 88 valence electrons. The number of rotatable bonds is 1. The van der Waals surface area contributed by atoms with Crippen molar-refractivity contribution in [2.24, 2.45) is 0 Å². The molecule has 0 aliphatic carbocycles. The Morgan fingerprint density at radius 2 is 1.50 bits per heavy atom. The number of aromatic hydroxyl groups is 3. The fourth-order valence-corrected chi connectivity index (χ4v) is 0.728. The van der Waals surface area contributed by atoms with E-state index in [-0.39, 0.29) is 5.56 Å². The van der Waals surface area contributed by atoms with Gasteiger partial charge in [0.15, 0.2) is 17.2 Å². The van der Waals surface area contributed by atoms with Crippen LogP contribution >= 0.6 is 0 Å². The first-order valence-corrected chi connectivity index (χ1v) is 3.57. The molecule has 9 nitrogen and oxygen atoms in total. The van der Waals surface area contributed by atoms with E-state index in [2.05, 4.69) is 0 Å². The lowest BCUT2D eigenvalue weighted by Crippen LogP contribution is -1.95. The molecule has 0 unspecified atom stereocenters. The molecule has 1 aromatic rings. The molecule has 0 radical (unpaired) electrons. The van der Waals surface area contributed by atoms with Gasteiger partial charge in [0.2, 0.25) is 0 Å². The second-order valence-electron chi connectivity index (χ2n) is 2.41. The summed E-state index contributed by atoms with van der Waals surface area (Å²) in [6.07, 6.45) is 0. The van der Waals surface area contributed by atoms with Crippen LogP contribution in [-0.2, 0) is 0 Å². The van der Waals surface area contributed by atoms with Crippen LogP contribution in [0.2, 0.25) is 0 Å². The van der Waals surface area contributed by atoms with E-state index in [4.69, 9.17) is 35.7 Å². The third kappa shape index (κ3) is 4.00. The number of phenolic OH excluding ortho intramolecular Hbond substituents is 3. The van der Waals surface area contributed by atoms with Crippen LogP contribution in [0.15, 0.2) is 12.1 Å². The Labute approximate surface area is 87.5 Å². The Hall–Kier alpha value is -2.71. The number of carbonyl (C=O) groups is 1. The van der Waals surface area contributed by atoms with E-state index in [0.29, 0.717) is 0 Å². The van der Waals surface area contributed by atoms with Gasteiger partial charge >= 0.3 is 5.97 Å². The van der Waals surface area contributed by atoms with Gasteiger partial charge < -0.3 is 25.6 Å². The first kappa shape index (κ1) is 13.3. The second kappa shape index (κ2) is 5.24. The number of carboxylic acids is 1. The zero-order valence-electron chi connectivity index (χ0n) is 7.56. The zero-order valence-corrected chi connectivity index (χ0v) is 7.56. The Morgan fingerprint density at radius 1 is 1.19 bits per heavy atom. The van der Waals surface area contributed by atoms with E-state index in [9.17, 15) is 4.79 Å². The molecule has 0 aliphatic rings. The predicted molar refractivity (Wildman–Crippen MR) is 47.2 cm³/mol. The number of hydrogen-bond acceptors (Lipinski definition) is 6. The largest absolute Gasteiger partial charge is 0.504 e. The smallest absolute Gasteiger partial charge is 0.335 e. The van der Waals surface area contributed by atoms with Crippen molar-refractivity contribution >= 4 is 5.97 Å². The van der Waals surface area contributed by atoms with Crippen LogP contribution < -0.4 is 0 Å². The minimum absolute atomic E-state index is 0.289. The van der Waals surface area contributed by atoms with Crippen molar-refractivity contribution in [3.63, 3.8) is 0 Å². The minimum Gasteiger partial charge on any atom is -0.504 e. The number of carboxylic acid groups (broad SMARTS) is 1. The highest BCUT2D eigenvalue weighted by molar-refractivity contribution is 5.89. The summed E-state index contributed by atoms with van der Waals surface area (Å²) >= 11 is 0. The average molecular weight is 233 g/mol. The first-order valence-electron chi connectivity index (χ1n) is 3.57. The Bertz CT molecular complexity index is 388. The van der Waals surface area contributed by atoms with Gasteiger partial charge in [-0.15, -0.1) is 10.1 Å². The standard InChI is InChI=1S/C7H6O5.HNO3/c8-4-1-3(7(11)12)2-5(9)6(4)10;2-1(3)4/h1-2,8-10H,(H,11,12);(H,2,3,4). The third-order valence-corrected chi connectivity index (χ3v) is 1.32. The third-order valence-electron chi connectivity index (χ3n) is 1.32. The molecule has 0 fully saturated rings. The fourth-order valence-electron chi connectivity index (χ4n) is 0.728. The molecule has 0 heterocycles. The summed E-state index contributed by atoms with van der Waals surface area (Å²) < 4.78 is 0. The molecule has 16 heavy (non-hydrogen) atoms. The normalized spacial score (nSPS) is 8.75. The Morgan fingerprint density at radius 3 is 1.75 bits per heavy atom. The summed E-state index contributed by atoms with van der Waals surface area (Å²) in [5.41, 5.74) is -0.289. The van der Waals surface area contributed by atoms with Crippen LogP contribution in [-0.4, -0.2) is 36.7 Å². The number of benzene rings is 1. The van der Waals surface area contributed by atoms with Crippen LogP contribution in [0.1, 0.15) is 10.4 Å². The molecular formula is C7H7NO8. The van der Waals surface area contributed by atoms with Crippen LogP contribution in [0.3, 0.4) is 0 Å². The summed E-state index contributed by atoms with van der Waals surface area (Å²) in [4.78, 5) is 18.7. The first-order chi connectivity index (χ1) is 7.25. The van der Waals surface area contributed by atoms with Crippen LogP contribution in [0, 0.1) is 10.1 Å². The summed E-state index contributed by atoms with van der Waals surface area (Å²) in [5.74, 6) is -3.33. The summed E-state index contributed by atoms with van der Waals surface area (Å²) in [6, 6.07) is 1.69. The van der Waals surface area contributed by atoms with Gasteiger partial charge in [0, 0.05) is 0 Å². The molecule has 0 saturated heterocycles. The highest BCUT2D eigenvalue weighted by atomic mass is 16.9. The van der Waals surface area contributed by atoms with E-state index in [0.717, 1.165) is 12.1 Å². The number of nitrogens with zero attached hydrogens (tertiary/aromatic N) is 1. The maximum atomic E-state index is 10.3. The van der Waals surface area contributed by atoms with Gasteiger partial charge in [-0.05, 0) is 12.1 Å². The topological polar surface area (TPSA) is 161 Å². The van der Waals surface area contributed by atoms with Gasteiger partial charge in [0.25, 0.3) is 5.09 Å². The van der Waals surface area contributed by atoms with E-state index in [1.54, 1.807) is 0 Å². The molecule has 1 aromatic carbocycles. The molecular weight excluding hydrogens is 226 g/mol. The highest BCUT2D eigenvalue weighted by Crippen LogP contribution is 2.35. The van der Waals surface area contributed by atoms with Crippen molar-refractivity contribution in [2.45, 2.75) is 0 Å². The molecule has 0 aliphatic heterocycles. The molecule has 0 saturated carbocycles. The van der Waals surface area contributed by atoms with Crippen molar-refractivity contribution in [3.05, 3.63) is 27.8 Å². The summed E-state index contributed by atoms with van der Waals surface area (Å²) in [6.45, 7) is 0. The van der Waals surface area contributed by atoms with Gasteiger partial charge in [-0.3, -0.25) is 0 Å². The number of phenols is 3. The maximum absolute atomic E-state index is 10.3. The van der Waals surface area contributed by atoms with Crippen molar-refractivity contribution in [2.75, 3.05) is 0 Å². The quantitative estimate of drug-likeness (QED) is 0.260. The molecule has 0 amide bonds. The van der Waals surface area contributed by atoms with Crippen molar-refractivity contribution in [1.29, 1.82) is 0 Å². The van der Waals surface area contributed by atoms with Crippen molar-refractivity contribution in [3.8, 4) is 17.2 Å². The van der Waals surface area contributed by atoms with Gasteiger partial charge in [0.1, 0.15) is 0 Å². The molecule has 5 N–H and O–H groups in total. The lowest BCUT2D eigenvalue weighted by molar-refractivity contribution is -0.742. The van der Waals surface area contributed by atoms with Crippen molar-refractivity contribution < 1.29 is 35.5 Å². The lowest BCUT2D eigenvalue weighted by Gasteiger charge is -2.01. The summed E-state index contributed by atoms with van der Waals surface area (Å²) in [5, 5.41) is 48.6. The highest BCUT2D eigenvalue weighted by Gasteiger charge is 2.11. The van der Waals surface area contributed by atoms with Crippen LogP contribution in [0.25, 0.3) is 0 Å². The molecule has 0 bridgehead atoms. The Balaban J connectivity index is 0.000000487. The van der Waals surface area contributed by atoms with Gasteiger partial charge in [-0.1, -0.05) is 0 Å². The number of aromatic carboxylic acids is 1. The van der Waals surface area contributed by atoms with Gasteiger partial charge in [0.05, 0.1) is 5.56 Å². The summed E-state index contributed by atoms with van der Waals surface area (Å²) in [7, 11) is 0. The van der Waals surface area contributed by atoms with E-state index >= 15 is 0 Å². The molecule has 0 aromatic heterocycles. The van der Waals surface area contributed by atoms with Gasteiger partial charge in [-0.25, -0.2) is 4.79 Å². The monoisotopic (exact) mass is 233 g/mol. The van der Waals surface area contributed by atoms with E-state index < -0.39 is 28.3 Å². The van der Waals surface area contributed by atoms with Gasteiger partial charge in [-0.2, -0.15) is 0 Å². The van der Waals surface area contributed by atoms with Crippen LogP contribution in [0.4, 0.5) is 0 Å². The van der Waals surface area contributed by atoms with Crippen molar-refractivity contribution in [1.82, 2.24) is 0 Å². The predicted octanol–water partition coefficient (Wildman–Crippen LogP) is 0.154. The lowest BCUT2D eigenvalue weighted by atomic mass is 10.2. The van der Waals surface area contributed by atoms with Crippen LogP contribution in [0.5, 0.6) is 17.2 Å². The zero-order chi connectivity index (χ0) is 12.9. The maximum Gasteiger partial charge on any atom is 0.335 e. The molecule has 0 spiro atoms.